The van der Waals surface area contributed by atoms with Crippen molar-refractivity contribution in [2.75, 3.05) is 26.4 Å². The molecule has 0 radical (unpaired) electrons. The molecule has 124 valence electrons. The molecule has 0 spiro atoms. The molecule has 0 amide bonds. The zero-order chi connectivity index (χ0) is 15.3. The van der Waals surface area contributed by atoms with Gasteiger partial charge in [-0.25, -0.2) is 0 Å². The Hall–Kier alpha value is 0.180. The highest BCUT2D eigenvalue weighted by atomic mass is 32.2. The third-order valence-electron chi connectivity index (χ3n) is 4.39. The smallest absolute Gasteiger partial charge is 0.279 e. The third-order valence-corrected chi connectivity index (χ3v) is 7.17. The van der Waals surface area contributed by atoms with Crippen LogP contribution in [0.2, 0.25) is 0 Å². The molecule has 0 atom stereocenters. The molecular weight excluding hydrogens is 306 g/mol. The monoisotopic (exact) mass is 335 g/mol. The molecule has 0 unspecified atom stereocenters. The van der Waals surface area contributed by atoms with Gasteiger partial charge in [0.05, 0.1) is 0 Å². The number of rotatable bonds is 9. The van der Waals surface area contributed by atoms with E-state index in [-0.39, 0.29) is 6.04 Å². The summed E-state index contributed by atoms with van der Waals surface area (Å²) in [5.41, 5.74) is 0. The molecule has 0 saturated heterocycles. The summed E-state index contributed by atoms with van der Waals surface area (Å²) < 4.78 is 28.9. The molecule has 0 heterocycles. The highest BCUT2D eigenvalue weighted by Gasteiger charge is 2.26. The number of nitrogens with one attached hydrogen (secondary N) is 2. The second-order valence-electron chi connectivity index (χ2n) is 6.24. The minimum absolute atomic E-state index is 0.116. The molecule has 2 N–H and O–H groups in total. The molecule has 2 aliphatic carbocycles. The lowest BCUT2D eigenvalue weighted by Gasteiger charge is -2.29. The van der Waals surface area contributed by atoms with Crippen LogP contribution < -0.4 is 10.0 Å². The van der Waals surface area contributed by atoms with Gasteiger partial charge in [-0.2, -0.15) is 29.2 Å². The van der Waals surface area contributed by atoms with Crippen molar-refractivity contribution in [2.24, 2.45) is 0 Å². The van der Waals surface area contributed by atoms with Gasteiger partial charge in [-0.1, -0.05) is 0 Å². The van der Waals surface area contributed by atoms with Crippen molar-refractivity contribution >= 4 is 22.0 Å². The Kier molecular flexibility index (Phi) is 6.80. The van der Waals surface area contributed by atoms with Crippen molar-refractivity contribution in [3.63, 3.8) is 0 Å². The highest BCUT2D eigenvalue weighted by molar-refractivity contribution is 7.99. The molecule has 5 nitrogen and oxygen atoms in total. The van der Waals surface area contributed by atoms with Crippen LogP contribution in [-0.2, 0) is 10.2 Å². The fourth-order valence-electron chi connectivity index (χ4n) is 2.73. The first-order valence-corrected chi connectivity index (χ1v) is 10.7. The molecule has 2 saturated carbocycles. The van der Waals surface area contributed by atoms with Crippen LogP contribution >= 0.6 is 11.8 Å². The van der Waals surface area contributed by atoms with Crippen LogP contribution in [0.3, 0.4) is 0 Å². The van der Waals surface area contributed by atoms with E-state index in [1.54, 1.807) is 7.05 Å². The largest absolute Gasteiger partial charge is 0.314 e. The lowest BCUT2D eigenvalue weighted by atomic mass is 9.96. The van der Waals surface area contributed by atoms with Crippen LogP contribution in [0.25, 0.3) is 0 Å². The van der Waals surface area contributed by atoms with Gasteiger partial charge in [-0.15, -0.1) is 0 Å². The van der Waals surface area contributed by atoms with Crippen LogP contribution in [0.5, 0.6) is 0 Å². The Bertz CT molecular complexity index is 404. The standard InChI is InChI=1S/C14H29N3O2S2/c1-17(11-3-10-15-12-4-5-12)21(18,19)16-13-6-8-14(20-2)9-7-13/h12-16H,3-11H2,1-2H3. The molecule has 21 heavy (non-hydrogen) atoms. The quantitative estimate of drug-likeness (QED) is 0.628. The summed E-state index contributed by atoms with van der Waals surface area (Å²) in [6.07, 6.45) is 9.70. The fourth-order valence-corrected chi connectivity index (χ4v) is 4.68. The Labute approximate surface area is 133 Å². The zero-order valence-electron chi connectivity index (χ0n) is 13.2. The zero-order valence-corrected chi connectivity index (χ0v) is 14.8. The predicted octanol–water partition coefficient (Wildman–Crippen LogP) is 1.57. The first-order valence-electron chi connectivity index (χ1n) is 8.01. The number of hydrogen-bond acceptors (Lipinski definition) is 4. The summed E-state index contributed by atoms with van der Waals surface area (Å²) in [7, 11) is -1.65. The predicted molar refractivity (Wildman–Crippen MR) is 89.9 cm³/mol. The normalized spacial score (nSPS) is 27.2. The highest BCUT2D eigenvalue weighted by Crippen LogP contribution is 2.27. The van der Waals surface area contributed by atoms with E-state index in [2.05, 4.69) is 16.3 Å². The SMILES string of the molecule is CSC1CCC(NS(=O)(=O)N(C)CCCNC2CC2)CC1. The summed E-state index contributed by atoms with van der Waals surface area (Å²) in [6, 6.07) is 0.807. The summed E-state index contributed by atoms with van der Waals surface area (Å²) in [6.45, 7) is 1.48. The molecule has 2 aliphatic rings. The number of hydrogen-bond donors (Lipinski definition) is 2. The van der Waals surface area contributed by atoms with Gasteiger partial charge in [-0.3, -0.25) is 0 Å². The maximum Gasteiger partial charge on any atom is 0.279 e. The van der Waals surface area contributed by atoms with Crippen molar-refractivity contribution in [1.29, 1.82) is 0 Å². The number of nitrogens with zero attached hydrogens (tertiary/aromatic N) is 1. The van der Waals surface area contributed by atoms with E-state index in [4.69, 9.17) is 0 Å². The lowest BCUT2D eigenvalue weighted by Crippen LogP contribution is -2.45. The van der Waals surface area contributed by atoms with E-state index in [0.29, 0.717) is 17.8 Å². The van der Waals surface area contributed by atoms with Gasteiger partial charge in [-0.05, 0) is 57.7 Å². The van der Waals surface area contributed by atoms with E-state index in [1.807, 2.05) is 11.8 Å². The second kappa shape index (κ2) is 8.15. The fraction of sp³-hybridized carbons (Fsp3) is 1.00. The molecule has 7 heteroatoms. The van der Waals surface area contributed by atoms with Crippen molar-refractivity contribution in [3.8, 4) is 0 Å². The van der Waals surface area contributed by atoms with Crippen LogP contribution in [0, 0.1) is 0 Å². The molecule has 0 aromatic carbocycles. The molecule has 0 aromatic heterocycles. The summed E-state index contributed by atoms with van der Waals surface area (Å²) in [5.74, 6) is 0. The minimum Gasteiger partial charge on any atom is -0.314 e. The van der Waals surface area contributed by atoms with Crippen molar-refractivity contribution < 1.29 is 8.42 Å². The van der Waals surface area contributed by atoms with Crippen LogP contribution in [-0.4, -0.2) is 56.4 Å². The molecule has 2 rings (SSSR count). The minimum atomic E-state index is -3.32. The maximum absolute atomic E-state index is 12.3. The van der Waals surface area contributed by atoms with E-state index < -0.39 is 10.2 Å². The Morgan fingerprint density at radius 3 is 2.29 bits per heavy atom. The first-order chi connectivity index (χ1) is 10.0. The van der Waals surface area contributed by atoms with Crippen molar-refractivity contribution in [3.05, 3.63) is 0 Å². The average Bonchev–Trinajstić information content (AvgIpc) is 3.28. The second-order valence-corrected chi connectivity index (χ2v) is 9.18. The molecular formula is C14H29N3O2S2. The van der Waals surface area contributed by atoms with Gasteiger partial charge < -0.3 is 5.32 Å². The van der Waals surface area contributed by atoms with Gasteiger partial charge in [0.2, 0.25) is 0 Å². The van der Waals surface area contributed by atoms with E-state index in [9.17, 15) is 8.42 Å². The van der Waals surface area contributed by atoms with Crippen molar-refractivity contribution in [1.82, 2.24) is 14.3 Å². The third kappa shape index (κ3) is 6.06. The van der Waals surface area contributed by atoms with Gasteiger partial charge >= 0.3 is 0 Å². The lowest BCUT2D eigenvalue weighted by molar-refractivity contribution is 0.393. The maximum atomic E-state index is 12.3. The van der Waals surface area contributed by atoms with E-state index in [1.165, 1.54) is 17.1 Å². The van der Waals surface area contributed by atoms with Crippen molar-refractivity contribution in [2.45, 2.75) is 62.3 Å². The Morgan fingerprint density at radius 2 is 1.71 bits per heavy atom. The van der Waals surface area contributed by atoms with E-state index >= 15 is 0 Å². The average molecular weight is 336 g/mol. The molecule has 2 fully saturated rings. The van der Waals surface area contributed by atoms with Crippen LogP contribution in [0.4, 0.5) is 0 Å². The Balaban J connectivity index is 1.67. The molecule has 0 aromatic rings. The topological polar surface area (TPSA) is 61.4 Å². The first kappa shape index (κ1) is 17.5. The summed E-state index contributed by atoms with van der Waals surface area (Å²) >= 11 is 1.90. The van der Waals surface area contributed by atoms with E-state index in [0.717, 1.165) is 38.6 Å². The molecule has 0 aliphatic heterocycles. The number of thioether (sulfide) groups is 1. The van der Waals surface area contributed by atoms with Gasteiger partial charge in [0.15, 0.2) is 0 Å². The Morgan fingerprint density at radius 1 is 1.10 bits per heavy atom. The van der Waals surface area contributed by atoms with Crippen LogP contribution in [0.1, 0.15) is 44.9 Å². The van der Waals surface area contributed by atoms with Gasteiger partial charge in [0.1, 0.15) is 0 Å². The summed E-state index contributed by atoms with van der Waals surface area (Å²) in [4.78, 5) is 0. The van der Waals surface area contributed by atoms with Gasteiger partial charge in [0.25, 0.3) is 10.2 Å². The van der Waals surface area contributed by atoms with Gasteiger partial charge in [0, 0.05) is 30.9 Å². The molecule has 0 bridgehead atoms. The summed E-state index contributed by atoms with van der Waals surface area (Å²) in [5, 5.41) is 4.12. The van der Waals surface area contributed by atoms with Crippen LogP contribution in [0.15, 0.2) is 0 Å².